The number of hydrogen-bond donors (Lipinski definition) is 1. The molecule has 0 saturated carbocycles. The van der Waals surface area contributed by atoms with Gasteiger partial charge in [-0.15, -0.1) is 0 Å². The number of aryl methyl sites for hydroxylation is 2. The molecule has 0 spiro atoms. The molecule has 5 nitrogen and oxygen atoms in total. The maximum Gasteiger partial charge on any atom is 0.308 e. The second-order valence-corrected chi connectivity index (χ2v) is 5.46. The minimum atomic E-state index is -0.711. The van der Waals surface area contributed by atoms with Crippen molar-refractivity contribution in [3.63, 3.8) is 0 Å². The molecule has 1 fully saturated rings. The zero-order valence-corrected chi connectivity index (χ0v) is 11.6. The lowest BCUT2D eigenvalue weighted by Gasteiger charge is -2.15. The molecule has 1 saturated heterocycles. The number of hydrogen-bond acceptors (Lipinski definition) is 3. The highest BCUT2D eigenvalue weighted by Crippen LogP contribution is 2.27. The number of aliphatic carboxylic acids is 1. The van der Waals surface area contributed by atoms with E-state index in [0.717, 1.165) is 17.9 Å². The molecule has 1 aliphatic heterocycles. The van der Waals surface area contributed by atoms with E-state index >= 15 is 0 Å². The van der Waals surface area contributed by atoms with Gasteiger partial charge in [-0.05, 0) is 12.8 Å². The Balaban J connectivity index is 2.10. The highest BCUT2D eigenvalue weighted by atomic mass is 35.5. The maximum atomic E-state index is 11.1. The minimum absolute atomic E-state index is 0.176. The van der Waals surface area contributed by atoms with Gasteiger partial charge in [-0.1, -0.05) is 18.5 Å². The van der Waals surface area contributed by atoms with Gasteiger partial charge in [0, 0.05) is 26.7 Å². The lowest BCUT2D eigenvalue weighted by molar-refractivity contribution is -0.142. The van der Waals surface area contributed by atoms with Crippen molar-refractivity contribution in [3.05, 3.63) is 16.4 Å². The predicted octanol–water partition coefficient (Wildman–Crippen LogP) is 1.53. The van der Waals surface area contributed by atoms with E-state index in [2.05, 4.69) is 10.00 Å². The van der Waals surface area contributed by atoms with E-state index in [4.69, 9.17) is 16.7 Å². The molecule has 1 N–H and O–H groups in total. The van der Waals surface area contributed by atoms with Gasteiger partial charge in [0.05, 0.1) is 22.3 Å². The highest BCUT2D eigenvalue weighted by Gasteiger charge is 2.35. The van der Waals surface area contributed by atoms with Crippen molar-refractivity contribution in [1.29, 1.82) is 0 Å². The van der Waals surface area contributed by atoms with E-state index in [1.165, 1.54) is 0 Å². The molecule has 1 aromatic rings. The Hall–Kier alpha value is -1.07. The Bertz CT molecular complexity index is 472. The number of halogens is 1. The van der Waals surface area contributed by atoms with Crippen molar-refractivity contribution >= 4 is 17.6 Å². The van der Waals surface area contributed by atoms with Crippen molar-refractivity contribution in [3.8, 4) is 0 Å². The molecule has 100 valence electrons. The van der Waals surface area contributed by atoms with E-state index in [1.54, 1.807) is 4.68 Å². The summed E-state index contributed by atoms with van der Waals surface area (Å²) in [6.07, 6.45) is 0. The fourth-order valence-electron chi connectivity index (χ4n) is 2.58. The second-order valence-electron chi connectivity index (χ2n) is 5.09. The number of carbonyl (C=O) groups is 1. The van der Waals surface area contributed by atoms with E-state index in [9.17, 15) is 4.79 Å². The van der Waals surface area contributed by atoms with Crippen LogP contribution in [0.4, 0.5) is 0 Å². The van der Waals surface area contributed by atoms with Crippen molar-refractivity contribution in [2.75, 3.05) is 13.1 Å². The molecule has 1 aromatic heterocycles. The van der Waals surface area contributed by atoms with Crippen LogP contribution < -0.4 is 0 Å². The van der Waals surface area contributed by atoms with Gasteiger partial charge >= 0.3 is 5.97 Å². The maximum absolute atomic E-state index is 11.1. The summed E-state index contributed by atoms with van der Waals surface area (Å²) in [6, 6.07) is 0. The van der Waals surface area contributed by atoms with Crippen LogP contribution in [0.2, 0.25) is 5.02 Å². The molecule has 0 aromatic carbocycles. The largest absolute Gasteiger partial charge is 0.481 e. The van der Waals surface area contributed by atoms with Gasteiger partial charge in [0.1, 0.15) is 0 Å². The first-order chi connectivity index (χ1) is 8.40. The fourth-order valence-corrected chi connectivity index (χ4v) is 2.80. The normalized spacial score (nSPS) is 24.7. The second kappa shape index (κ2) is 4.90. The molecule has 0 amide bonds. The van der Waals surface area contributed by atoms with Gasteiger partial charge in [0.25, 0.3) is 0 Å². The summed E-state index contributed by atoms with van der Waals surface area (Å²) in [5.74, 6) is -0.814. The number of carboxylic acid groups (broad SMARTS) is 1. The number of aromatic nitrogens is 2. The molecule has 2 atom stereocenters. The summed E-state index contributed by atoms with van der Waals surface area (Å²) >= 11 is 6.20. The average Bonchev–Trinajstić information content (AvgIpc) is 2.75. The van der Waals surface area contributed by atoms with Crippen LogP contribution in [-0.4, -0.2) is 38.8 Å². The van der Waals surface area contributed by atoms with Crippen molar-refractivity contribution in [2.24, 2.45) is 18.9 Å². The Kier molecular flexibility index (Phi) is 3.64. The van der Waals surface area contributed by atoms with Crippen LogP contribution in [0.25, 0.3) is 0 Å². The molecule has 0 bridgehead atoms. The van der Waals surface area contributed by atoms with Gasteiger partial charge in [-0.3, -0.25) is 14.4 Å². The highest BCUT2D eigenvalue weighted by molar-refractivity contribution is 6.31. The molecule has 2 unspecified atom stereocenters. The quantitative estimate of drug-likeness (QED) is 0.906. The summed E-state index contributed by atoms with van der Waals surface area (Å²) in [4.78, 5) is 13.2. The first kappa shape index (κ1) is 13.4. The van der Waals surface area contributed by atoms with Gasteiger partial charge in [-0.2, -0.15) is 5.10 Å². The van der Waals surface area contributed by atoms with Crippen molar-refractivity contribution < 1.29 is 9.90 Å². The molecule has 2 rings (SSSR count). The van der Waals surface area contributed by atoms with Gasteiger partial charge in [0.2, 0.25) is 0 Å². The lowest BCUT2D eigenvalue weighted by atomic mass is 9.99. The Labute approximate surface area is 111 Å². The summed E-state index contributed by atoms with van der Waals surface area (Å²) < 4.78 is 1.77. The molecule has 18 heavy (non-hydrogen) atoms. The third-order valence-electron chi connectivity index (χ3n) is 3.64. The standard InChI is InChI=1S/C12H18ClN3O2/c1-7-4-16(5-9(7)12(17)18)6-10-11(13)8(2)14-15(10)3/h7,9H,4-6H2,1-3H3,(H,17,18). The van der Waals surface area contributed by atoms with Crippen LogP contribution in [0.5, 0.6) is 0 Å². The Morgan fingerprint density at radius 2 is 2.22 bits per heavy atom. The average molecular weight is 272 g/mol. The van der Waals surface area contributed by atoms with Crippen LogP contribution in [0.15, 0.2) is 0 Å². The number of rotatable bonds is 3. The fraction of sp³-hybridized carbons (Fsp3) is 0.667. The Morgan fingerprint density at radius 3 is 2.67 bits per heavy atom. The lowest BCUT2D eigenvalue weighted by Crippen LogP contribution is -2.24. The minimum Gasteiger partial charge on any atom is -0.481 e. The van der Waals surface area contributed by atoms with E-state index in [0.29, 0.717) is 18.1 Å². The van der Waals surface area contributed by atoms with Crippen LogP contribution >= 0.6 is 11.6 Å². The van der Waals surface area contributed by atoms with Crippen molar-refractivity contribution in [2.45, 2.75) is 20.4 Å². The predicted molar refractivity (Wildman–Crippen MR) is 68.5 cm³/mol. The number of nitrogens with zero attached hydrogens (tertiary/aromatic N) is 3. The third kappa shape index (κ3) is 2.37. The SMILES string of the molecule is Cc1nn(C)c(CN2CC(C)C(C(=O)O)C2)c1Cl. The number of carboxylic acids is 1. The first-order valence-corrected chi connectivity index (χ1v) is 6.41. The van der Waals surface area contributed by atoms with Gasteiger partial charge < -0.3 is 5.11 Å². The molecule has 6 heteroatoms. The first-order valence-electron chi connectivity index (χ1n) is 6.03. The molecular weight excluding hydrogens is 254 g/mol. The molecule has 0 aliphatic carbocycles. The van der Waals surface area contributed by atoms with Crippen LogP contribution in [0.1, 0.15) is 18.3 Å². The van der Waals surface area contributed by atoms with E-state index in [1.807, 2.05) is 20.9 Å². The van der Waals surface area contributed by atoms with Crippen LogP contribution in [-0.2, 0) is 18.4 Å². The molecule has 1 aliphatic rings. The van der Waals surface area contributed by atoms with E-state index in [-0.39, 0.29) is 11.8 Å². The summed E-state index contributed by atoms with van der Waals surface area (Å²) in [6.45, 7) is 5.88. The van der Waals surface area contributed by atoms with Gasteiger partial charge in [0.15, 0.2) is 0 Å². The smallest absolute Gasteiger partial charge is 0.308 e. The summed E-state index contributed by atoms with van der Waals surface area (Å²) in [5, 5.41) is 14.1. The topological polar surface area (TPSA) is 58.4 Å². The molecule has 0 radical (unpaired) electrons. The Morgan fingerprint density at radius 1 is 1.56 bits per heavy atom. The van der Waals surface area contributed by atoms with E-state index < -0.39 is 5.97 Å². The summed E-state index contributed by atoms with van der Waals surface area (Å²) in [5.41, 5.74) is 1.77. The zero-order valence-electron chi connectivity index (χ0n) is 10.9. The molecular formula is C12H18ClN3O2. The number of likely N-dealkylation sites (tertiary alicyclic amines) is 1. The van der Waals surface area contributed by atoms with Crippen LogP contribution in [0.3, 0.4) is 0 Å². The third-order valence-corrected chi connectivity index (χ3v) is 4.13. The zero-order chi connectivity index (χ0) is 13.4. The monoisotopic (exact) mass is 271 g/mol. The molecule has 2 heterocycles. The van der Waals surface area contributed by atoms with Gasteiger partial charge in [-0.25, -0.2) is 0 Å². The van der Waals surface area contributed by atoms with Crippen LogP contribution in [0, 0.1) is 18.8 Å². The van der Waals surface area contributed by atoms with Crippen molar-refractivity contribution in [1.82, 2.24) is 14.7 Å². The summed E-state index contributed by atoms with van der Waals surface area (Å²) in [7, 11) is 1.86.